The predicted octanol–water partition coefficient (Wildman–Crippen LogP) is 3.94. The van der Waals surface area contributed by atoms with Crippen LogP contribution in [-0.4, -0.2) is 10.8 Å². The first-order valence-electron chi connectivity index (χ1n) is 6.24. The molecule has 0 aliphatic carbocycles. The second-order valence-corrected chi connectivity index (χ2v) is 5.24. The van der Waals surface area contributed by atoms with E-state index in [1.807, 2.05) is 25.1 Å². The van der Waals surface area contributed by atoms with Gasteiger partial charge in [0, 0.05) is 38.9 Å². The molecule has 3 N–H and O–H groups in total. The molecule has 0 aliphatic rings. The van der Waals surface area contributed by atoms with E-state index in [9.17, 15) is 4.79 Å². The number of H-pyrrole nitrogens is 1. The van der Waals surface area contributed by atoms with Crippen LogP contribution in [0.4, 0.5) is 5.69 Å². The Hall–Kier alpha value is -2.26. The molecule has 4 heteroatoms. The first-order chi connectivity index (χ1) is 9.56. The van der Waals surface area contributed by atoms with E-state index < -0.39 is 0 Å². The molecule has 0 radical (unpaired) electrons. The molecule has 0 saturated carbocycles. The number of ketones is 1. The van der Waals surface area contributed by atoms with E-state index in [1.54, 1.807) is 24.4 Å². The largest absolute Gasteiger partial charge is 0.399 e. The predicted molar refractivity (Wildman–Crippen MR) is 82.3 cm³/mol. The molecule has 3 aromatic rings. The van der Waals surface area contributed by atoms with E-state index in [-0.39, 0.29) is 5.78 Å². The highest BCUT2D eigenvalue weighted by atomic mass is 35.5. The van der Waals surface area contributed by atoms with Crippen molar-refractivity contribution in [1.29, 1.82) is 0 Å². The molecule has 3 nitrogen and oxygen atoms in total. The summed E-state index contributed by atoms with van der Waals surface area (Å²) in [6, 6.07) is 10.8. The average molecular weight is 285 g/mol. The quantitative estimate of drug-likeness (QED) is 0.553. The van der Waals surface area contributed by atoms with Crippen molar-refractivity contribution in [3.63, 3.8) is 0 Å². The Labute approximate surface area is 121 Å². The smallest absolute Gasteiger partial charge is 0.195 e. The number of nitrogens with one attached hydrogen (secondary N) is 1. The number of benzene rings is 2. The molecule has 100 valence electrons. The van der Waals surface area contributed by atoms with Crippen molar-refractivity contribution in [2.75, 3.05) is 5.73 Å². The van der Waals surface area contributed by atoms with Gasteiger partial charge in [-0.1, -0.05) is 23.7 Å². The lowest BCUT2D eigenvalue weighted by atomic mass is 10.00. The summed E-state index contributed by atoms with van der Waals surface area (Å²) in [5.74, 6) is -0.0836. The average Bonchev–Trinajstić information content (AvgIpc) is 2.82. The third-order valence-electron chi connectivity index (χ3n) is 3.34. The van der Waals surface area contributed by atoms with Crippen LogP contribution in [0.15, 0.2) is 42.6 Å². The molecule has 0 aliphatic heterocycles. The number of carbonyl (C=O) groups excluding carboxylic acids is 1. The van der Waals surface area contributed by atoms with Crippen LogP contribution in [0.5, 0.6) is 0 Å². The molecular formula is C16H13ClN2O. The Morgan fingerprint density at radius 2 is 2.05 bits per heavy atom. The van der Waals surface area contributed by atoms with Crippen molar-refractivity contribution in [3.05, 3.63) is 64.3 Å². The summed E-state index contributed by atoms with van der Waals surface area (Å²) in [5, 5.41) is 1.40. The summed E-state index contributed by atoms with van der Waals surface area (Å²) in [6.45, 7) is 1.99. The van der Waals surface area contributed by atoms with E-state index >= 15 is 0 Å². The third-order valence-corrected chi connectivity index (χ3v) is 3.56. The Morgan fingerprint density at radius 3 is 2.80 bits per heavy atom. The fraction of sp³-hybridized carbons (Fsp3) is 0.0625. The second-order valence-electron chi connectivity index (χ2n) is 4.80. The number of aryl methyl sites for hydroxylation is 1. The summed E-state index contributed by atoms with van der Waals surface area (Å²) in [7, 11) is 0. The number of rotatable bonds is 2. The summed E-state index contributed by atoms with van der Waals surface area (Å²) >= 11 is 5.97. The van der Waals surface area contributed by atoms with Gasteiger partial charge in [-0.3, -0.25) is 4.79 Å². The molecule has 0 fully saturated rings. The highest BCUT2D eigenvalue weighted by Gasteiger charge is 2.16. The topological polar surface area (TPSA) is 58.9 Å². The van der Waals surface area contributed by atoms with Crippen molar-refractivity contribution in [2.45, 2.75) is 6.92 Å². The SMILES string of the molecule is Cc1cccc2[nH]cc(C(=O)c3cc(N)cc(Cl)c3)c12. The van der Waals surface area contributed by atoms with Gasteiger partial charge in [-0.15, -0.1) is 0 Å². The lowest BCUT2D eigenvalue weighted by Crippen LogP contribution is -2.02. The number of hydrogen-bond acceptors (Lipinski definition) is 2. The Balaban J connectivity index is 2.18. The van der Waals surface area contributed by atoms with Crippen molar-refractivity contribution < 1.29 is 4.79 Å². The van der Waals surface area contributed by atoms with Gasteiger partial charge in [-0.05, 0) is 36.8 Å². The van der Waals surface area contributed by atoms with Crippen molar-refractivity contribution in [1.82, 2.24) is 4.98 Å². The van der Waals surface area contributed by atoms with Gasteiger partial charge in [0.2, 0.25) is 0 Å². The van der Waals surface area contributed by atoms with Crippen LogP contribution < -0.4 is 5.73 Å². The highest BCUT2D eigenvalue weighted by Crippen LogP contribution is 2.26. The molecule has 0 amide bonds. The van der Waals surface area contributed by atoms with E-state index in [2.05, 4.69) is 4.98 Å². The summed E-state index contributed by atoms with van der Waals surface area (Å²) in [5.41, 5.74) is 9.38. The number of carbonyl (C=O) groups is 1. The van der Waals surface area contributed by atoms with Gasteiger partial charge < -0.3 is 10.7 Å². The van der Waals surface area contributed by atoms with Gasteiger partial charge in [0.15, 0.2) is 5.78 Å². The van der Waals surface area contributed by atoms with Crippen LogP contribution in [0.25, 0.3) is 10.9 Å². The number of aromatic nitrogens is 1. The van der Waals surface area contributed by atoms with Gasteiger partial charge in [0.05, 0.1) is 0 Å². The van der Waals surface area contributed by atoms with Crippen LogP contribution in [-0.2, 0) is 0 Å². The van der Waals surface area contributed by atoms with Gasteiger partial charge in [-0.2, -0.15) is 0 Å². The lowest BCUT2D eigenvalue weighted by Gasteiger charge is -2.04. The van der Waals surface area contributed by atoms with Crippen LogP contribution in [0.3, 0.4) is 0 Å². The minimum absolute atomic E-state index is 0.0836. The normalized spacial score (nSPS) is 10.9. The molecule has 0 bridgehead atoms. The molecule has 2 aromatic carbocycles. The number of aromatic amines is 1. The number of hydrogen-bond donors (Lipinski definition) is 2. The number of fused-ring (bicyclic) bond motifs is 1. The van der Waals surface area contributed by atoms with Crippen molar-refractivity contribution in [3.8, 4) is 0 Å². The molecule has 0 unspecified atom stereocenters. The zero-order valence-electron chi connectivity index (χ0n) is 10.9. The minimum Gasteiger partial charge on any atom is -0.399 e. The first kappa shape index (κ1) is 12.8. The van der Waals surface area contributed by atoms with Crippen molar-refractivity contribution >= 4 is 34.0 Å². The standard InChI is InChI=1S/C16H13ClN2O/c1-9-3-2-4-14-15(9)13(8-19-14)16(20)10-5-11(17)7-12(18)6-10/h2-8,19H,18H2,1H3. The molecule has 0 spiro atoms. The number of anilines is 1. The van der Waals surface area contributed by atoms with Crippen LogP contribution in [0, 0.1) is 6.92 Å². The fourth-order valence-corrected chi connectivity index (χ4v) is 2.69. The molecule has 3 rings (SSSR count). The minimum atomic E-state index is -0.0836. The van der Waals surface area contributed by atoms with Crippen LogP contribution >= 0.6 is 11.6 Å². The zero-order chi connectivity index (χ0) is 14.3. The summed E-state index contributed by atoms with van der Waals surface area (Å²) in [4.78, 5) is 15.8. The molecule has 0 saturated heterocycles. The molecular weight excluding hydrogens is 272 g/mol. The molecule has 1 aromatic heterocycles. The van der Waals surface area contributed by atoms with Crippen molar-refractivity contribution in [2.24, 2.45) is 0 Å². The number of nitrogen functional groups attached to an aromatic ring is 1. The van der Waals surface area contributed by atoms with E-state index in [0.717, 1.165) is 16.5 Å². The van der Waals surface area contributed by atoms with Gasteiger partial charge >= 0.3 is 0 Å². The Morgan fingerprint density at radius 1 is 1.25 bits per heavy atom. The van der Waals surface area contributed by atoms with E-state index in [4.69, 9.17) is 17.3 Å². The first-order valence-corrected chi connectivity index (χ1v) is 6.61. The van der Waals surface area contributed by atoms with E-state index in [1.165, 1.54) is 0 Å². The van der Waals surface area contributed by atoms with Crippen LogP contribution in [0.2, 0.25) is 5.02 Å². The summed E-state index contributed by atoms with van der Waals surface area (Å²) < 4.78 is 0. The Bertz CT molecular complexity index is 800. The lowest BCUT2D eigenvalue weighted by molar-refractivity contribution is 0.104. The molecule has 0 atom stereocenters. The zero-order valence-corrected chi connectivity index (χ0v) is 11.7. The maximum atomic E-state index is 12.6. The number of nitrogens with two attached hydrogens (primary N) is 1. The number of halogens is 1. The highest BCUT2D eigenvalue weighted by molar-refractivity contribution is 6.31. The third kappa shape index (κ3) is 2.06. The van der Waals surface area contributed by atoms with Crippen LogP contribution in [0.1, 0.15) is 21.5 Å². The second kappa shape index (κ2) is 4.69. The fourth-order valence-electron chi connectivity index (χ4n) is 2.45. The maximum Gasteiger partial charge on any atom is 0.195 e. The summed E-state index contributed by atoms with van der Waals surface area (Å²) in [6.07, 6.45) is 1.73. The van der Waals surface area contributed by atoms with Gasteiger partial charge in [0.25, 0.3) is 0 Å². The Kier molecular flexibility index (Phi) is 2.99. The molecule has 20 heavy (non-hydrogen) atoms. The van der Waals surface area contributed by atoms with E-state index in [0.29, 0.717) is 21.8 Å². The maximum absolute atomic E-state index is 12.6. The molecule has 1 heterocycles. The monoisotopic (exact) mass is 284 g/mol. The van der Waals surface area contributed by atoms with Gasteiger partial charge in [0.1, 0.15) is 0 Å². The van der Waals surface area contributed by atoms with Gasteiger partial charge in [-0.25, -0.2) is 0 Å².